The third-order valence-electron chi connectivity index (χ3n) is 5.59. The van der Waals surface area contributed by atoms with Crippen molar-refractivity contribution in [3.63, 3.8) is 0 Å². The predicted octanol–water partition coefficient (Wildman–Crippen LogP) is 6.04. The van der Waals surface area contributed by atoms with Gasteiger partial charge >= 0.3 is 0 Å². The van der Waals surface area contributed by atoms with Gasteiger partial charge in [0.25, 0.3) is 0 Å². The van der Waals surface area contributed by atoms with Gasteiger partial charge in [-0.05, 0) is 22.8 Å². The number of nitrogens with one attached hydrogen (secondary N) is 1. The van der Waals surface area contributed by atoms with E-state index in [1.54, 1.807) is 12.3 Å². The van der Waals surface area contributed by atoms with E-state index in [0.29, 0.717) is 16.8 Å². The minimum atomic E-state index is -0.727. The first-order valence-corrected chi connectivity index (χ1v) is 10.1. The molecule has 0 bridgehead atoms. The molecule has 1 heterocycles. The van der Waals surface area contributed by atoms with Gasteiger partial charge in [0.15, 0.2) is 11.9 Å². The molecular formula is C27H20N2O2. The number of carbonyl (C=O) groups is 1. The number of benzene rings is 4. The molecule has 0 fully saturated rings. The molecule has 5 rings (SSSR count). The molecule has 1 aromatic heterocycles. The zero-order chi connectivity index (χ0) is 21.1. The quantitative estimate of drug-likeness (QED) is 0.277. The van der Waals surface area contributed by atoms with Crippen LogP contribution in [-0.2, 0) is 5.54 Å². The highest BCUT2D eigenvalue weighted by Gasteiger charge is 2.37. The highest BCUT2D eigenvalue weighted by atomic mass is 16.5. The van der Waals surface area contributed by atoms with E-state index in [-0.39, 0.29) is 0 Å². The van der Waals surface area contributed by atoms with Crippen LogP contribution in [0.15, 0.2) is 114 Å². The van der Waals surface area contributed by atoms with Crippen LogP contribution in [0, 0.1) is 0 Å². The maximum atomic E-state index is 12.0. The first-order valence-electron chi connectivity index (χ1n) is 10.1. The molecule has 0 aliphatic carbocycles. The number of aromatic nitrogens is 1. The summed E-state index contributed by atoms with van der Waals surface area (Å²) in [5.41, 5.74) is 4.29. The Hall–Kier alpha value is -4.18. The Morgan fingerprint density at radius 1 is 0.742 bits per heavy atom. The smallest absolute Gasteiger partial charge is 0.168 e. The number of fused-ring (bicyclic) bond motifs is 1. The van der Waals surface area contributed by atoms with Crippen LogP contribution in [0.5, 0.6) is 0 Å². The molecule has 1 N–H and O–H groups in total. The summed E-state index contributed by atoms with van der Waals surface area (Å²) in [6, 6.07) is 34.4. The molecule has 0 atom stereocenters. The normalized spacial score (nSPS) is 11.4. The summed E-state index contributed by atoms with van der Waals surface area (Å²) in [7, 11) is 0. The first kappa shape index (κ1) is 18.8. The Kier molecular flexibility index (Phi) is 4.81. The van der Waals surface area contributed by atoms with Gasteiger partial charge in [-0.1, -0.05) is 96.2 Å². The van der Waals surface area contributed by atoms with Crippen LogP contribution in [0.2, 0.25) is 0 Å². The van der Waals surface area contributed by atoms with Crippen molar-refractivity contribution in [1.82, 2.24) is 5.16 Å². The van der Waals surface area contributed by atoms with Gasteiger partial charge in [-0.2, -0.15) is 0 Å². The standard InChI is InChI=1S/C27H20N2O2/c30-19-21-16-20-18-28-31-26(20)17-25(21)29-27(22-10-4-1-5-11-22,23-12-6-2-7-13-23)24-14-8-3-9-15-24/h1-19,29H. The number of hydrogen-bond acceptors (Lipinski definition) is 4. The summed E-state index contributed by atoms with van der Waals surface area (Å²) in [4.78, 5) is 12.0. The van der Waals surface area contributed by atoms with E-state index in [9.17, 15) is 4.79 Å². The average Bonchev–Trinajstić information content (AvgIpc) is 3.31. The SMILES string of the molecule is O=Cc1cc2cnoc2cc1NC(c1ccccc1)(c1ccccc1)c1ccccc1. The lowest BCUT2D eigenvalue weighted by Crippen LogP contribution is -2.38. The Labute approximate surface area is 180 Å². The Balaban J connectivity index is 1.81. The number of hydrogen-bond donors (Lipinski definition) is 1. The number of aldehydes is 1. The van der Waals surface area contributed by atoms with Crippen molar-refractivity contribution in [2.45, 2.75) is 5.54 Å². The van der Waals surface area contributed by atoms with E-state index in [4.69, 9.17) is 4.52 Å². The van der Waals surface area contributed by atoms with Crippen LogP contribution in [-0.4, -0.2) is 11.4 Å². The van der Waals surface area contributed by atoms with Crippen molar-refractivity contribution in [3.8, 4) is 0 Å². The molecule has 4 nitrogen and oxygen atoms in total. The molecule has 0 aliphatic heterocycles. The molecule has 4 aromatic carbocycles. The molecule has 150 valence electrons. The van der Waals surface area contributed by atoms with Crippen LogP contribution in [0.1, 0.15) is 27.0 Å². The van der Waals surface area contributed by atoms with Crippen molar-refractivity contribution in [3.05, 3.63) is 132 Å². The molecule has 0 saturated carbocycles. The summed E-state index contributed by atoms with van der Waals surface area (Å²) in [6.07, 6.45) is 2.48. The van der Waals surface area contributed by atoms with Gasteiger partial charge < -0.3 is 9.84 Å². The number of nitrogens with zero attached hydrogens (tertiary/aromatic N) is 1. The minimum Gasteiger partial charge on any atom is -0.367 e. The maximum Gasteiger partial charge on any atom is 0.168 e. The van der Waals surface area contributed by atoms with Gasteiger partial charge in [0.2, 0.25) is 0 Å². The van der Waals surface area contributed by atoms with E-state index in [0.717, 1.165) is 28.4 Å². The summed E-state index contributed by atoms with van der Waals surface area (Å²) in [5, 5.41) is 8.38. The third-order valence-corrected chi connectivity index (χ3v) is 5.59. The summed E-state index contributed by atoms with van der Waals surface area (Å²) in [6.45, 7) is 0. The summed E-state index contributed by atoms with van der Waals surface area (Å²) < 4.78 is 5.38. The zero-order valence-corrected chi connectivity index (χ0v) is 16.7. The predicted molar refractivity (Wildman–Crippen MR) is 122 cm³/mol. The highest BCUT2D eigenvalue weighted by Crippen LogP contribution is 2.41. The van der Waals surface area contributed by atoms with E-state index >= 15 is 0 Å². The largest absolute Gasteiger partial charge is 0.367 e. The van der Waals surface area contributed by atoms with E-state index < -0.39 is 5.54 Å². The maximum absolute atomic E-state index is 12.0. The second kappa shape index (κ2) is 7.92. The zero-order valence-electron chi connectivity index (χ0n) is 16.7. The molecule has 31 heavy (non-hydrogen) atoms. The second-order valence-electron chi connectivity index (χ2n) is 7.39. The Morgan fingerprint density at radius 3 is 1.74 bits per heavy atom. The fourth-order valence-corrected chi connectivity index (χ4v) is 4.12. The molecule has 0 saturated heterocycles. The van der Waals surface area contributed by atoms with E-state index in [2.05, 4.69) is 46.9 Å². The van der Waals surface area contributed by atoms with Gasteiger partial charge in [-0.15, -0.1) is 0 Å². The molecule has 0 spiro atoms. The second-order valence-corrected chi connectivity index (χ2v) is 7.39. The van der Waals surface area contributed by atoms with Crippen LogP contribution < -0.4 is 5.32 Å². The Bertz CT molecular complexity index is 1220. The fraction of sp³-hybridized carbons (Fsp3) is 0.0370. The lowest BCUT2D eigenvalue weighted by Gasteiger charge is -2.38. The lowest BCUT2D eigenvalue weighted by molar-refractivity contribution is 0.112. The highest BCUT2D eigenvalue weighted by molar-refractivity contribution is 5.93. The number of anilines is 1. The van der Waals surface area contributed by atoms with Crippen molar-refractivity contribution in [2.24, 2.45) is 0 Å². The fourth-order valence-electron chi connectivity index (χ4n) is 4.12. The van der Waals surface area contributed by atoms with Crippen molar-refractivity contribution < 1.29 is 9.32 Å². The van der Waals surface area contributed by atoms with Gasteiger partial charge in [0.05, 0.1) is 6.20 Å². The summed E-state index contributed by atoms with van der Waals surface area (Å²) >= 11 is 0. The molecule has 0 aliphatic rings. The number of carbonyl (C=O) groups excluding carboxylic acids is 1. The van der Waals surface area contributed by atoms with Crippen molar-refractivity contribution >= 4 is 22.9 Å². The molecule has 0 unspecified atom stereocenters. The van der Waals surface area contributed by atoms with Gasteiger partial charge in [0.1, 0.15) is 5.54 Å². The van der Waals surface area contributed by atoms with Gasteiger partial charge in [-0.25, -0.2) is 0 Å². The third kappa shape index (κ3) is 3.28. The van der Waals surface area contributed by atoms with Gasteiger partial charge in [0, 0.05) is 22.7 Å². The monoisotopic (exact) mass is 404 g/mol. The topological polar surface area (TPSA) is 55.1 Å². The Morgan fingerprint density at radius 2 is 1.26 bits per heavy atom. The minimum absolute atomic E-state index is 0.544. The molecule has 4 heteroatoms. The van der Waals surface area contributed by atoms with Crippen molar-refractivity contribution in [2.75, 3.05) is 5.32 Å². The lowest BCUT2D eigenvalue weighted by atomic mass is 9.76. The molecule has 5 aromatic rings. The van der Waals surface area contributed by atoms with E-state index in [1.165, 1.54) is 0 Å². The molecule has 0 radical (unpaired) electrons. The van der Waals surface area contributed by atoms with Crippen molar-refractivity contribution in [1.29, 1.82) is 0 Å². The van der Waals surface area contributed by atoms with Crippen LogP contribution in [0.3, 0.4) is 0 Å². The van der Waals surface area contributed by atoms with Crippen LogP contribution in [0.25, 0.3) is 11.0 Å². The average molecular weight is 404 g/mol. The molecule has 0 amide bonds. The van der Waals surface area contributed by atoms with E-state index in [1.807, 2.05) is 60.7 Å². The summed E-state index contributed by atoms with van der Waals surface area (Å²) in [5.74, 6) is 0. The number of rotatable bonds is 6. The first-order chi connectivity index (χ1) is 15.3. The molecular weight excluding hydrogens is 384 g/mol. The van der Waals surface area contributed by atoms with Gasteiger partial charge in [-0.3, -0.25) is 4.79 Å². The van der Waals surface area contributed by atoms with Crippen LogP contribution >= 0.6 is 0 Å². The van der Waals surface area contributed by atoms with Crippen LogP contribution in [0.4, 0.5) is 5.69 Å².